The number of hydrogen-bond acceptors (Lipinski definition) is 4. The summed E-state index contributed by atoms with van der Waals surface area (Å²) in [5, 5.41) is 6.61. The Morgan fingerprint density at radius 2 is 1.89 bits per heavy atom. The second-order valence-corrected chi connectivity index (χ2v) is 8.41. The first-order chi connectivity index (χ1) is 13.4. The summed E-state index contributed by atoms with van der Waals surface area (Å²) in [6.45, 7) is 7.01. The minimum atomic E-state index is -0.562. The summed E-state index contributed by atoms with van der Waals surface area (Å²) >= 11 is 0. The number of esters is 1. The average molecular weight is 388 g/mol. The highest BCUT2D eigenvalue weighted by Crippen LogP contribution is 2.46. The van der Waals surface area contributed by atoms with Gasteiger partial charge < -0.3 is 20.3 Å². The summed E-state index contributed by atoms with van der Waals surface area (Å²) in [6.07, 6.45) is 4.14. The van der Waals surface area contributed by atoms with Gasteiger partial charge in [0.05, 0.1) is 18.2 Å². The number of nitrogens with zero attached hydrogens (tertiary/aromatic N) is 1. The number of nitrogens with one attached hydrogen (secondary N) is 2. The van der Waals surface area contributed by atoms with Crippen molar-refractivity contribution in [3.05, 3.63) is 35.9 Å². The van der Waals surface area contributed by atoms with Gasteiger partial charge in [0.1, 0.15) is 0 Å². The van der Waals surface area contributed by atoms with Crippen LogP contribution in [0.4, 0.5) is 4.79 Å². The van der Waals surface area contributed by atoms with Gasteiger partial charge in [-0.2, -0.15) is 0 Å². The zero-order valence-electron chi connectivity index (χ0n) is 17.3. The molecule has 0 saturated carbocycles. The van der Waals surface area contributed by atoms with Gasteiger partial charge in [0.2, 0.25) is 0 Å². The zero-order chi connectivity index (χ0) is 20.2. The van der Waals surface area contributed by atoms with Crippen LogP contribution < -0.4 is 10.6 Å². The van der Waals surface area contributed by atoms with Crippen molar-refractivity contribution in [2.45, 2.75) is 57.0 Å². The Hall–Kier alpha value is -2.08. The number of methoxy groups -OCH3 is 1. The quantitative estimate of drug-likeness (QED) is 0.706. The highest BCUT2D eigenvalue weighted by Gasteiger charge is 2.57. The van der Waals surface area contributed by atoms with E-state index in [2.05, 4.69) is 29.7 Å². The molecule has 0 unspecified atom stereocenters. The first-order valence-electron chi connectivity index (χ1n) is 10.3. The van der Waals surface area contributed by atoms with Gasteiger partial charge in [0, 0.05) is 13.0 Å². The molecule has 1 aromatic rings. The molecule has 0 spiro atoms. The summed E-state index contributed by atoms with van der Waals surface area (Å²) in [5.41, 5.74) is -0.00828. The Morgan fingerprint density at radius 3 is 2.54 bits per heavy atom. The maximum absolute atomic E-state index is 13.1. The second-order valence-electron chi connectivity index (χ2n) is 8.41. The van der Waals surface area contributed by atoms with Crippen LogP contribution in [0.1, 0.15) is 51.5 Å². The first-order valence-corrected chi connectivity index (χ1v) is 10.3. The molecule has 2 aliphatic heterocycles. The maximum Gasteiger partial charge on any atom is 0.318 e. The van der Waals surface area contributed by atoms with E-state index < -0.39 is 11.1 Å². The predicted octanol–water partition coefficient (Wildman–Crippen LogP) is 3.03. The fourth-order valence-electron chi connectivity index (χ4n) is 4.73. The highest BCUT2D eigenvalue weighted by atomic mass is 16.5. The minimum absolute atomic E-state index is 0.0485. The molecular weight excluding hydrogens is 354 g/mol. The molecule has 28 heavy (non-hydrogen) atoms. The number of piperidine rings is 1. The van der Waals surface area contributed by atoms with E-state index in [1.165, 1.54) is 7.11 Å². The Labute approximate surface area is 168 Å². The molecule has 2 heterocycles. The van der Waals surface area contributed by atoms with Crippen LogP contribution in [0.3, 0.4) is 0 Å². The lowest BCUT2D eigenvalue weighted by Crippen LogP contribution is -2.55. The molecule has 1 aromatic carbocycles. The van der Waals surface area contributed by atoms with Crippen molar-refractivity contribution >= 4 is 12.0 Å². The molecule has 2 aliphatic rings. The molecule has 0 aliphatic carbocycles. The van der Waals surface area contributed by atoms with Crippen LogP contribution in [0, 0.1) is 5.92 Å². The lowest BCUT2D eigenvalue weighted by Gasteiger charge is -2.45. The predicted molar refractivity (Wildman–Crippen MR) is 109 cm³/mol. The first kappa shape index (κ1) is 20.6. The number of hydrogen-bond donors (Lipinski definition) is 2. The molecule has 2 atom stereocenters. The molecule has 0 aromatic heterocycles. The SMILES string of the molecule is COC(=O)CC[C@]1(C)NC(=O)N(CCC2CCNCC2)[C@@]1(C)c1ccccc1. The second kappa shape index (κ2) is 8.52. The third-order valence-corrected chi connectivity index (χ3v) is 6.85. The number of rotatable bonds is 7. The third kappa shape index (κ3) is 3.88. The molecule has 6 nitrogen and oxygen atoms in total. The third-order valence-electron chi connectivity index (χ3n) is 6.85. The van der Waals surface area contributed by atoms with Gasteiger partial charge in [-0.05, 0) is 64.1 Å². The fourth-order valence-corrected chi connectivity index (χ4v) is 4.73. The minimum Gasteiger partial charge on any atom is -0.469 e. The van der Waals surface area contributed by atoms with Crippen LogP contribution in [-0.2, 0) is 15.1 Å². The molecule has 6 heteroatoms. The summed E-state index contributed by atoms with van der Waals surface area (Å²) in [7, 11) is 1.40. The van der Waals surface area contributed by atoms with Crippen LogP contribution in [0.25, 0.3) is 0 Å². The van der Waals surface area contributed by atoms with E-state index >= 15 is 0 Å². The Morgan fingerprint density at radius 1 is 1.21 bits per heavy atom. The Bertz CT molecular complexity index is 690. The van der Waals surface area contributed by atoms with Crippen molar-refractivity contribution in [2.75, 3.05) is 26.7 Å². The molecule has 2 N–H and O–H groups in total. The number of urea groups is 1. The number of carbonyl (C=O) groups is 2. The Kier molecular flexibility index (Phi) is 6.28. The van der Waals surface area contributed by atoms with Crippen molar-refractivity contribution in [1.29, 1.82) is 0 Å². The van der Waals surface area contributed by atoms with E-state index in [0.29, 0.717) is 12.3 Å². The van der Waals surface area contributed by atoms with Crippen molar-refractivity contribution in [2.24, 2.45) is 5.92 Å². The fraction of sp³-hybridized carbons (Fsp3) is 0.636. The van der Waals surface area contributed by atoms with Gasteiger partial charge in [0.25, 0.3) is 0 Å². The van der Waals surface area contributed by atoms with Crippen molar-refractivity contribution in [3.63, 3.8) is 0 Å². The zero-order valence-corrected chi connectivity index (χ0v) is 17.3. The van der Waals surface area contributed by atoms with E-state index in [0.717, 1.165) is 44.5 Å². The number of amides is 2. The molecule has 3 rings (SSSR count). The van der Waals surface area contributed by atoms with E-state index in [-0.39, 0.29) is 18.4 Å². The number of benzene rings is 1. The van der Waals surface area contributed by atoms with Crippen LogP contribution in [0.2, 0.25) is 0 Å². The van der Waals surface area contributed by atoms with Crippen molar-refractivity contribution in [1.82, 2.24) is 15.5 Å². The number of ether oxygens (including phenoxy) is 1. The van der Waals surface area contributed by atoms with Gasteiger partial charge in [-0.25, -0.2) is 4.79 Å². The molecule has 2 fully saturated rings. The Balaban J connectivity index is 1.86. The number of carbonyl (C=O) groups excluding carboxylic acids is 2. The summed E-state index contributed by atoms with van der Waals surface area (Å²) < 4.78 is 4.84. The topological polar surface area (TPSA) is 70.7 Å². The molecule has 2 saturated heterocycles. The highest BCUT2D eigenvalue weighted by molar-refractivity contribution is 5.80. The lowest BCUT2D eigenvalue weighted by molar-refractivity contribution is -0.141. The van der Waals surface area contributed by atoms with Gasteiger partial charge >= 0.3 is 12.0 Å². The van der Waals surface area contributed by atoms with E-state index in [1.54, 1.807) is 0 Å². The standard InChI is InChI=1S/C22H33N3O3/c1-21(13-9-19(26)28-3)22(2,18-7-5-4-6-8-18)25(20(27)24-21)16-12-17-10-14-23-15-11-17/h4-8,17,23H,9-16H2,1-3H3,(H,24,27)/t21-,22-/m0/s1. The van der Waals surface area contributed by atoms with Crippen LogP contribution in [-0.4, -0.2) is 49.2 Å². The monoisotopic (exact) mass is 387 g/mol. The van der Waals surface area contributed by atoms with Crippen LogP contribution in [0.15, 0.2) is 30.3 Å². The van der Waals surface area contributed by atoms with Gasteiger partial charge in [-0.3, -0.25) is 4.79 Å². The molecule has 154 valence electrons. The van der Waals surface area contributed by atoms with Crippen molar-refractivity contribution in [3.8, 4) is 0 Å². The van der Waals surface area contributed by atoms with E-state index in [1.807, 2.05) is 30.0 Å². The molecule has 0 radical (unpaired) electrons. The summed E-state index contributed by atoms with van der Waals surface area (Å²) in [5.74, 6) is 0.398. The molecular formula is C22H33N3O3. The van der Waals surface area contributed by atoms with Gasteiger partial charge in [-0.15, -0.1) is 0 Å². The van der Waals surface area contributed by atoms with E-state index in [9.17, 15) is 9.59 Å². The maximum atomic E-state index is 13.1. The van der Waals surface area contributed by atoms with Gasteiger partial charge in [0.15, 0.2) is 0 Å². The van der Waals surface area contributed by atoms with E-state index in [4.69, 9.17) is 4.74 Å². The van der Waals surface area contributed by atoms with Crippen LogP contribution in [0.5, 0.6) is 0 Å². The van der Waals surface area contributed by atoms with Gasteiger partial charge in [-0.1, -0.05) is 30.3 Å². The smallest absolute Gasteiger partial charge is 0.318 e. The van der Waals surface area contributed by atoms with Crippen LogP contribution >= 0.6 is 0 Å². The molecule has 0 bridgehead atoms. The summed E-state index contributed by atoms with van der Waals surface area (Å²) in [6, 6.07) is 10.1. The lowest BCUT2D eigenvalue weighted by atomic mass is 9.72. The normalized spacial score (nSPS) is 28.2. The average Bonchev–Trinajstić information content (AvgIpc) is 2.92. The molecule has 2 amide bonds. The summed E-state index contributed by atoms with van der Waals surface area (Å²) in [4.78, 5) is 26.8. The largest absolute Gasteiger partial charge is 0.469 e. The van der Waals surface area contributed by atoms with Crippen molar-refractivity contribution < 1.29 is 14.3 Å².